The zero-order valence-corrected chi connectivity index (χ0v) is 20.5. The van der Waals surface area contributed by atoms with Crippen molar-refractivity contribution in [3.8, 4) is 11.4 Å². The summed E-state index contributed by atoms with van der Waals surface area (Å²) in [6.07, 6.45) is 3.06. The number of ether oxygens (including phenoxy) is 2. The third-order valence-corrected chi connectivity index (χ3v) is 6.88. The third kappa shape index (κ3) is 4.83. The lowest BCUT2D eigenvalue weighted by molar-refractivity contribution is -0.159. The highest BCUT2D eigenvalue weighted by atomic mass is 16.5. The fourth-order valence-corrected chi connectivity index (χ4v) is 4.91. The summed E-state index contributed by atoms with van der Waals surface area (Å²) >= 11 is 0. The van der Waals surface area contributed by atoms with Crippen molar-refractivity contribution in [1.29, 1.82) is 0 Å². The molecule has 0 bridgehead atoms. The van der Waals surface area contributed by atoms with Crippen molar-refractivity contribution in [3.63, 3.8) is 0 Å². The lowest BCUT2D eigenvalue weighted by Crippen LogP contribution is -2.61. The molecule has 1 saturated heterocycles. The molecule has 2 aliphatic rings. The smallest absolute Gasteiger partial charge is 0.276 e. The molecule has 2 aromatic carbocycles. The minimum absolute atomic E-state index is 0.173. The van der Waals surface area contributed by atoms with E-state index in [1.807, 2.05) is 55.5 Å². The Kier molecular flexibility index (Phi) is 6.99. The maximum Gasteiger partial charge on any atom is 0.276 e. The summed E-state index contributed by atoms with van der Waals surface area (Å²) in [5.74, 6) is 0.419. The number of aryl methyl sites for hydroxylation is 1. The molecule has 9 nitrogen and oxygen atoms in total. The monoisotopic (exact) mass is 489 g/mol. The number of morpholine rings is 1. The largest absolute Gasteiger partial charge is 0.491 e. The van der Waals surface area contributed by atoms with Crippen molar-refractivity contribution < 1.29 is 19.1 Å². The Morgan fingerprint density at radius 1 is 1.06 bits per heavy atom. The first-order chi connectivity index (χ1) is 17.6. The zero-order valence-electron chi connectivity index (χ0n) is 20.5. The number of hydrogen-bond acceptors (Lipinski definition) is 6. The molecule has 2 aliphatic heterocycles. The van der Waals surface area contributed by atoms with E-state index in [1.54, 1.807) is 9.58 Å². The minimum Gasteiger partial charge on any atom is -0.491 e. The van der Waals surface area contributed by atoms with Gasteiger partial charge in [0.25, 0.3) is 11.8 Å². The number of rotatable bonds is 2. The predicted molar refractivity (Wildman–Crippen MR) is 133 cm³/mol. The van der Waals surface area contributed by atoms with Gasteiger partial charge >= 0.3 is 0 Å². The Morgan fingerprint density at radius 3 is 2.72 bits per heavy atom. The predicted octanol–water partition coefficient (Wildman–Crippen LogP) is 2.71. The van der Waals surface area contributed by atoms with E-state index in [0.717, 1.165) is 36.3 Å². The van der Waals surface area contributed by atoms with Gasteiger partial charge in [0.1, 0.15) is 12.4 Å². The molecule has 1 N–H and O–H groups in total. The summed E-state index contributed by atoms with van der Waals surface area (Å²) < 4.78 is 13.7. The van der Waals surface area contributed by atoms with Gasteiger partial charge in [0.05, 0.1) is 31.1 Å². The fourth-order valence-electron chi connectivity index (χ4n) is 4.91. The Labute approximate surface area is 210 Å². The summed E-state index contributed by atoms with van der Waals surface area (Å²) in [6, 6.07) is 17.6. The van der Waals surface area contributed by atoms with E-state index in [2.05, 4.69) is 21.7 Å². The Hall–Kier alpha value is -3.72. The molecule has 3 aromatic rings. The second kappa shape index (κ2) is 10.5. The van der Waals surface area contributed by atoms with Crippen molar-refractivity contribution >= 4 is 11.8 Å². The molecule has 9 heteroatoms. The van der Waals surface area contributed by atoms with Crippen LogP contribution in [0.1, 0.15) is 41.0 Å². The second-order valence-corrected chi connectivity index (χ2v) is 9.26. The van der Waals surface area contributed by atoms with Gasteiger partial charge in [-0.2, -0.15) is 0 Å². The number of carbonyl (C=O) groups excluding carboxylic acids is 2. The van der Waals surface area contributed by atoms with Crippen molar-refractivity contribution in [1.82, 2.24) is 25.2 Å². The average Bonchev–Trinajstić information content (AvgIpc) is 3.30. The average molecular weight is 490 g/mol. The highest BCUT2D eigenvalue weighted by Gasteiger charge is 2.45. The Morgan fingerprint density at radius 2 is 1.86 bits per heavy atom. The number of nitrogens with zero attached hydrogens (tertiary/aromatic N) is 4. The molecule has 5 rings (SSSR count). The molecule has 1 spiro atoms. The number of nitrogens with one attached hydrogen (secondary N) is 1. The van der Waals surface area contributed by atoms with E-state index in [-0.39, 0.29) is 30.7 Å². The molecule has 1 atom stereocenters. The second-order valence-electron chi connectivity index (χ2n) is 9.26. The van der Waals surface area contributed by atoms with Crippen LogP contribution in [0.15, 0.2) is 54.6 Å². The fraction of sp³-hybridized carbons (Fsp3) is 0.407. The number of para-hydroxylation sites is 2. The highest BCUT2D eigenvalue weighted by Crippen LogP contribution is 2.28. The van der Waals surface area contributed by atoms with E-state index in [0.29, 0.717) is 31.8 Å². The lowest BCUT2D eigenvalue weighted by atomic mass is 9.91. The number of amides is 2. The number of aromatic nitrogens is 3. The number of fused-ring (bicyclic) bond motifs is 1. The van der Waals surface area contributed by atoms with Crippen molar-refractivity contribution in [2.75, 3.05) is 32.8 Å². The van der Waals surface area contributed by atoms with Gasteiger partial charge in [0.2, 0.25) is 0 Å². The number of benzene rings is 2. The summed E-state index contributed by atoms with van der Waals surface area (Å²) in [5.41, 5.74) is 1.84. The molecule has 1 fully saturated rings. The van der Waals surface area contributed by atoms with Gasteiger partial charge in [0.15, 0.2) is 11.3 Å². The van der Waals surface area contributed by atoms with E-state index < -0.39 is 5.60 Å². The molecule has 0 saturated carbocycles. The van der Waals surface area contributed by atoms with Crippen LogP contribution in [0, 0.1) is 6.92 Å². The molecule has 188 valence electrons. The molecular formula is C27H31N5O4. The first-order valence-corrected chi connectivity index (χ1v) is 12.5. The van der Waals surface area contributed by atoms with E-state index in [9.17, 15) is 9.59 Å². The van der Waals surface area contributed by atoms with Crippen LogP contribution in [0.4, 0.5) is 0 Å². The lowest BCUT2D eigenvalue weighted by Gasteiger charge is -2.41. The van der Waals surface area contributed by atoms with Gasteiger partial charge in [-0.25, -0.2) is 4.68 Å². The van der Waals surface area contributed by atoms with Gasteiger partial charge in [-0.1, -0.05) is 41.6 Å². The van der Waals surface area contributed by atoms with Crippen LogP contribution >= 0.6 is 0 Å². The van der Waals surface area contributed by atoms with Gasteiger partial charge in [-0.15, -0.1) is 5.10 Å². The summed E-state index contributed by atoms with van der Waals surface area (Å²) in [4.78, 5) is 28.5. The molecule has 0 aliphatic carbocycles. The summed E-state index contributed by atoms with van der Waals surface area (Å²) in [6.45, 7) is 3.40. The van der Waals surface area contributed by atoms with Crippen LogP contribution in [-0.4, -0.2) is 70.2 Å². The molecule has 1 aromatic heterocycles. The highest BCUT2D eigenvalue weighted by molar-refractivity contribution is 5.94. The van der Waals surface area contributed by atoms with Crippen LogP contribution in [0.5, 0.6) is 5.75 Å². The maximum atomic E-state index is 13.5. The van der Waals surface area contributed by atoms with Gasteiger partial charge in [-0.05, 0) is 56.4 Å². The van der Waals surface area contributed by atoms with Crippen molar-refractivity contribution in [2.45, 2.75) is 38.2 Å². The van der Waals surface area contributed by atoms with Crippen molar-refractivity contribution in [3.05, 3.63) is 71.5 Å². The van der Waals surface area contributed by atoms with Gasteiger partial charge in [0, 0.05) is 6.54 Å². The molecule has 36 heavy (non-hydrogen) atoms. The first kappa shape index (κ1) is 24.0. The van der Waals surface area contributed by atoms with Gasteiger partial charge in [-0.3, -0.25) is 9.59 Å². The maximum absolute atomic E-state index is 13.5. The molecule has 0 radical (unpaired) electrons. The van der Waals surface area contributed by atoms with Crippen molar-refractivity contribution in [2.24, 2.45) is 0 Å². The van der Waals surface area contributed by atoms with E-state index in [1.165, 1.54) is 0 Å². The van der Waals surface area contributed by atoms with Crippen LogP contribution < -0.4 is 10.1 Å². The standard InChI is InChI=1S/C27H31N5O4/c1-20-24(29-30-32(20)22-11-3-2-4-12-22)25(33)31-16-18-36-27(19-31)14-8-7-10-21-9-5-6-13-23(21)35-17-15-28-26(27)34/h2-6,9,11-13H,7-8,10,14-19H2,1H3,(H,28,34). The van der Waals surface area contributed by atoms with E-state index in [4.69, 9.17) is 9.47 Å². The minimum atomic E-state index is -1.10. The van der Waals surface area contributed by atoms with E-state index >= 15 is 0 Å². The quantitative estimate of drug-likeness (QED) is 0.594. The molecule has 3 heterocycles. The normalized spacial score (nSPS) is 21.0. The third-order valence-electron chi connectivity index (χ3n) is 6.88. The molecule has 2 amide bonds. The number of hydrogen-bond donors (Lipinski definition) is 1. The van der Waals surface area contributed by atoms with Crippen LogP contribution in [0.25, 0.3) is 5.69 Å². The topological polar surface area (TPSA) is 98.6 Å². The molecule has 1 unspecified atom stereocenters. The van der Waals surface area contributed by atoms with Crippen LogP contribution in [-0.2, 0) is 16.0 Å². The Bertz CT molecular complexity index is 1230. The number of carbonyl (C=O) groups is 2. The first-order valence-electron chi connectivity index (χ1n) is 12.5. The SMILES string of the molecule is Cc1c(C(=O)N2CCOC3(CCCCc4ccccc4OCCNC3=O)C2)nnn1-c1ccccc1. The Balaban J connectivity index is 1.33. The molecular weight excluding hydrogens is 458 g/mol. The van der Waals surface area contributed by atoms with Gasteiger partial charge < -0.3 is 19.7 Å². The van der Waals surface area contributed by atoms with Crippen LogP contribution in [0.2, 0.25) is 0 Å². The summed E-state index contributed by atoms with van der Waals surface area (Å²) in [5, 5.41) is 11.4. The van der Waals surface area contributed by atoms with Crippen LogP contribution in [0.3, 0.4) is 0 Å². The zero-order chi connectivity index (χ0) is 25.0. The summed E-state index contributed by atoms with van der Waals surface area (Å²) in [7, 11) is 0.